The highest BCUT2D eigenvalue weighted by Gasteiger charge is 2.01. The molecule has 0 heterocycles. The minimum atomic E-state index is 0.578. The van der Waals surface area contributed by atoms with Crippen LogP contribution in [0.4, 0.5) is 5.69 Å². The third-order valence-electron chi connectivity index (χ3n) is 3.01. The van der Waals surface area contributed by atoms with E-state index in [1.807, 2.05) is 50.2 Å². The maximum atomic E-state index is 5.98. The Hall–Kier alpha value is -1.38. The van der Waals surface area contributed by atoms with E-state index in [1.165, 1.54) is 0 Å². The molecule has 0 radical (unpaired) electrons. The first-order valence-electron chi connectivity index (χ1n) is 6.45. The molecule has 0 atom stereocenters. The molecule has 0 bridgehead atoms. The van der Waals surface area contributed by atoms with Gasteiger partial charge in [-0.25, -0.2) is 0 Å². The van der Waals surface area contributed by atoms with Crippen molar-refractivity contribution in [2.45, 2.75) is 13.8 Å². The molecule has 1 N–H and O–H groups in total. The average molecular weight is 310 g/mol. The number of halogens is 2. The molecule has 0 saturated heterocycles. The molecular weight excluding hydrogens is 293 g/mol. The van der Waals surface area contributed by atoms with Crippen LogP contribution in [0.15, 0.2) is 36.4 Å². The van der Waals surface area contributed by atoms with Gasteiger partial charge >= 0.3 is 0 Å². The van der Waals surface area contributed by atoms with Gasteiger partial charge in [-0.15, -0.1) is 0 Å². The number of rotatable bonds is 5. The molecule has 0 saturated carbocycles. The molecular formula is C16H17Cl2NO. The molecule has 2 nitrogen and oxygen atoms in total. The van der Waals surface area contributed by atoms with Gasteiger partial charge in [0.2, 0.25) is 0 Å². The van der Waals surface area contributed by atoms with Gasteiger partial charge in [0, 0.05) is 22.3 Å². The number of hydrogen-bond acceptors (Lipinski definition) is 2. The van der Waals surface area contributed by atoms with Crippen molar-refractivity contribution in [1.82, 2.24) is 0 Å². The third kappa shape index (κ3) is 4.06. The van der Waals surface area contributed by atoms with Crippen molar-refractivity contribution < 1.29 is 4.74 Å². The summed E-state index contributed by atoms with van der Waals surface area (Å²) in [6, 6.07) is 11.4. The van der Waals surface area contributed by atoms with Crippen LogP contribution in [-0.2, 0) is 0 Å². The van der Waals surface area contributed by atoms with E-state index in [0.29, 0.717) is 13.2 Å². The van der Waals surface area contributed by atoms with Gasteiger partial charge in [-0.05, 0) is 55.3 Å². The van der Waals surface area contributed by atoms with E-state index in [9.17, 15) is 0 Å². The van der Waals surface area contributed by atoms with Gasteiger partial charge < -0.3 is 10.1 Å². The Morgan fingerprint density at radius 3 is 2.40 bits per heavy atom. The molecule has 2 aromatic carbocycles. The normalized spacial score (nSPS) is 10.4. The minimum absolute atomic E-state index is 0.578. The zero-order valence-corrected chi connectivity index (χ0v) is 13.1. The van der Waals surface area contributed by atoms with E-state index in [0.717, 1.165) is 32.6 Å². The van der Waals surface area contributed by atoms with Crippen LogP contribution in [0.5, 0.6) is 5.75 Å². The maximum Gasteiger partial charge on any atom is 0.122 e. The van der Waals surface area contributed by atoms with Crippen LogP contribution in [0.3, 0.4) is 0 Å². The molecule has 0 unspecified atom stereocenters. The predicted octanol–water partition coefficient (Wildman–Crippen LogP) is 5.10. The zero-order valence-electron chi connectivity index (χ0n) is 11.5. The molecule has 0 fully saturated rings. The van der Waals surface area contributed by atoms with Crippen molar-refractivity contribution >= 4 is 28.9 Å². The summed E-state index contributed by atoms with van der Waals surface area (Å²) in [5.74, 6) is 0.860. The molecule has 0 spiro atoms. The third-order valence-corrected chi connectivity index (χ3v) is 3.48. The van der Waals surface area contributed by atoms with Gasteiger partial charge in [0.25, 0.3) is 0 Å². The van der Waals surface area contributed by atoms with Crippen LogP contribution in [0.25, 0.3) is 0 Å². The smallest absolute Gasteiger partial charge is 0.122 e. The number of ether oxygens (including phenoxy) is 1. The van der Waals surface area contributed by atoms with Crippen LogP contribution >= 0.6 is 23.2 Å². The molecule has 0 aliphatic rings. The highest BCUT2D eigenvalue weighted by molar-refractivity contribution is 6.31. The van der Waals surface area contributed by atoms with Gasteiger partial charge in [0.1, 0.15) is 12.4 Å². The molecule has 20 heavy (non-hydrogen) atoms. The highest BCUT2D eigenvalue weighted by Crippen LogP contribution is 2.22. The molecule has 106 valence electrons. The first-order chi connectivity index (χ1) is 9.56. The van der Waals surface area contributed by atoms with Crippen molar-refractivity contribution in [2.24, 2.45) is 0 Å². The van der Waals surface area contributed by atoms with Crippen molar-refractivity contribution in [3.8, 4) is 5.75 Å². The van der Waals surface area contributed by atoms with Gasteiger partial charge in [-0.2, -0.15) is 0 Å². The average Bonchev–Trinajstić information content (AvgIpc) is 2.40. The van der Waals surface area contributed by atoms with Crippen molar-refractivity contribution in [3.05, 3.63) is 57.6 Å². The van der Waals surface area contributed by atoms with Crippen LogP contribution in [-0.4, -0.2) is 13.2 Å². The van der Waals surface area contributed by atoms with Crippen molar-refractivity contribution in [3.63, 3.8) is 0 Å². The zero-order chi connectivity index (χ0) is 14.5. The van der Waals surface area contributed by atoms with Gasteiger partial charge in [0.05, 0.1) is 0 Å². The van der Waals surface area contributed by atoms with Crippen molar-refractivity contribution in [1.29, 1.82) is 0 Å². The quantitative estimate of drug-likeness (QED) is 0.776. The summed E-state index contributed by atoms with van der Waals surface area (Å²) in [6.07, 6.45) is 0. The fraction of sp³-hybridized carbons (Fsp3) is 0.250. The van der Waals surface area contributed by atoms with Crippen LogP contribution in [0.2, 0.25) is 10.0 Å². The first-order valence-corrected chi connectivity index (χ1v) is 7.21. The van der Waals surface area contributed by atoms with E-state index < -0.39 is 0 Å². The highest BCUT2D eigenvalue weighted by atomic mass is 35.5. The first kappa shape index (κ1) is 15.0. The van der Waals surface area contributed by atoms with E-state index in [4.69, 9.17) is 27.9 Å². The molecule has 0 aromatic heterocycles. The second-order valence-electron chi connectivity index (χ2n) is 4.64. The number of anilines is 1. The summed E-state index contributed by atoms with van der Waals surface area (Å²) < 4.78 is 5.73. The van der Waals surface area contributed by atoms with Crippen molar-refractivity contribution in [2.75, 3.05) is 18.5 Å². The fourth-order valence-corrected chi connectivity index (χ4v) is 2.30. The lowest BCUT2D eigenvalue weighted by molar-refractivity contribution is 0.330. The summed E-state index contributed by atoms with van der Waals surface area (Å²) in [6.45, 7) is 5.32. The Morgan fingerprint density at radius 1 is 0.950 bits per heavy atom. The van der Waals surface area contributed by atoms with E-state index in [2.05, 4.69) is 5.32 Å². The lowest BCUT2D eigenvalue weighted by atomic mass is 10.2. The fourth-order valence-electron chi connectivity index (χ4n) is 1.91. The molecule has 2 aromatic rings. The standard InChI is InChI=1S/C16H17Cl2NO/c1-11-3-4-14(18)10-15(11)19-7-8-20-16-6-5-13(17)9-12(16)2/h3-6,9-10,19H,7-8H2,1-2H3. The summed E-state index contributed by atoms with van der Waals surface area (Å²) >= 11 is 11.9. The molecule has 0 aliphatic heterocycles. The lowest BCUT2D eigenvalue weighted by Crippen LogP contribution is -2.12. The monoisotopic (exact) mass is 309 g/mol. The second kappa shape index (κ2) is 6.87. The summed E-state index contributed by atoms with van der Waals surface area (Å²) in [5, 5.41) is 4.77. The van der Waals surface area contributed by atoms with E-state index in [-0.39, 0.29) is 0 Å². The minimum Gasteiger partial charge on any atom is -0.491 e. The van der Waals surface area contributed by atoms with E-state index in [1.54, 1.807) is 0 Å². The Morgan fingerprint density at radius 2 is 1.65 bits per heavy atom. The maximum absolute atomic E-state index is 5.98. The SMILES string of the molecule is Cc1ccc(Cl)cc1NCCOc1ccc(Cl)cc1C. The topological polar surface area (TPSA) is 21.3 Å². The Labute approximate surface area is 129 Å². The lowest BCUT2D eigenvalue weighted by Gasteiger charge is -2.12. The molecule has 0 aliphatic carbocycles. The summed E-state index contributed by atoms with van der Waals surface area (Å²) in [7, 11) is 0. The number of benzene rings is 2. The van der Waals surface area contributed by atoms with E-state index >= 15 is 0 Å². The van der Waals surface area contributed by atoms with Crippen LogP contribution < -0.4 is 10.1 Å². The largest absolute Gasteiger partial charge is 0.491 e. The number of hydrogen-bond donors (Lipinski definition) is 1. The van der Waals surface area contributed by atoms with Gasteiger partial charge in [-0.3, -0.25) is 0 Å². The Bertz CT molecular complexity index is 599. The number of nitrogens with one attached hydrogen (secondary N) is 1. The molecule has 4 heteroatoms. The number of aryl methyl sites for hydroxylation is 2. The molecule has 0 amide bonds. The predicted molar refractivity (Wildman–Crippen MR) is 86.4 cm³/mol. The Balaban J connectivity index is 1.86. The van der Waals surface area contributed by atoms with Gasteiger partial charge in [0.15, 0.2) is 0 Å². The Kier molecular flexibility index (Phi) is 5.16. The summed E-state index contributed by atoms with van der Waals surface area (Å²) in [4.78, 5) is 0. The van der Waals surface area contributed by atoms with Crippen LogP contribution in [0.1, 0.15) is 11.1 Å². The van der Waals surface area contributed by atoms with Gasteiger partial charge in [-0.1, -0.05) is 29.3 Å². The second-order valence-corrected chi connectivity index (χ2v) is 5.52. The molecule has 2 rings (SSSR count). The van der Waals surface area contributed by atoms with Crippen LogP contribution in [0, 0.1) is 13.8 Å². The summed E-state index contributed by atoms with van der Waals surface area (Å²) in [5.41, 5.74) is 3.24.